The van der Waals surface area contributed by atoms with Crippen LogP contribution in [0.25, 0.3) is 12.3 Å². The van der Waals surface area contributed by atoms with Crippen molar-refractivity contribution in [1.82, 2.24) is 4.57 Å². The number of aromatic nitrogens is 3. The van der Waals surface area contributed by atoms with Crippen molar-refractivity contribution in [2.75, 3.05) is 0 Å². The van der Waals surface area contributed by atoms with E-state index >= 15 is 0 Å². The number of oxazole rings is 1. The van der Waals surface area contributed by atoms with Crippen LogP contribution in [0.4, 0.5) is 0 Å². The molecule has 3 aromatic rings. The molecule has 0 bridgehead atoms. The summed E-state index contributed by atoms with van der Waals surface area (Å²) in [5, 5.41) is 0. The Kier molecular flexibility index (Phi) is 4.01. The van der Waals surface area contributed by atoms with Crippen LogP contribution in [0.3, 0.4) is 0 Å². The molecule has 0 spiro atoms. The average Bonchev–Trinajstić information content (AvgIpc) is 3.18. The summed E-state index contributed by atoms with van der Waals surface area (Å²) in [5.74, 6) is 0.778. The van der Waals surface area contributed by atoms with Gasteiger partial charge in [0.25, 0.3) is 0 Å². The highest BCUT2D eigenvalue weighted by Gasteiger charge is 2.08. The van der Waals surface area contributed by atoms with Gasteiger partial charge in [-0.15, -0.1) is 0 Å². The molecule has 0 radical (unpaired) electrons. The van der Waals surface area contributed by atoms with Gasteiger partial charge in [-0.1, -0.05) is 37.4 Å². The molecule has 2 heterocycles. The van der Waals surface area contributed by atoms with Crippen LogP contribution in [0.2, 0.25) is 0 Å². The normalized spacial score (nSPS) is 10.5. The van der Waals surface area contributed by atoms with Crippen LogP contribution in [0.5, 0.6) is 0 Å². The molecular formula is C18H19N3O+2. The first kappa shape index (κ1) is 14.1. The number of hydrogen-bond donors (Lipinski definition) is 0. The number of nitrogens with zero attached hydrogens (tertiary/aromatic N) is 3. The van der Waals surface area contributed by atoms with E-state index in [0.29, 0.717) is 0 Å². The standard InChI is InChI=1S/C18H19N3O/c1-3-18-13-21(15-22-18)12-17-7-5-16(6-8-17)11-20-10-9-19(4-2)14-20/h3-10,13-15H,1-2,11-12H2/q+2. The molecule has 0 saturated carbocycles. The fourth-order valence-electron chi connectivity index (χ4n) is 2.32. The van der Waals surface area contributed by atoms with Crippen molar-refractivity contribution in [2.45, 2.75) is 13.1 Å². The molecule has 4 nitrogen and oxygen atoms in total. The van der Waals surface area contributed by atoms with E-state index in [-0.39, 0.29) is 0 Å². The highest BCUT2D eigenvalue weighted by atomic mass is 16.3. The quantitative estimate of drug-likeness (QED) is 0.641. The predicted octanol–water partition coefficient (Wildman–Crippen LogP) is 2.50. The molecule has 4 heteroatoms. The van der Waals surface area contributed by atoms with Gasteiger partial charge in [0, 0.05) is 5.56 Å². The SMILES string of the molecule is C=Cc1c[n+](Cc2ccc(C[n+]3ccn(C=C)c3)cc2)co1. The molecule has 0 fully saturated rings. The van der Waals surface area contributed by atoms with E-state index in [1.165, 1.54) is 11.1 Å². The Morgan fingerprint density at radius 2 is 1.73 bits per heavy atom. The molecule has 3 rings (SSSR count). The van der Waals surface area contributed by atoms with Crippen molar-refractivity contribution in [2.24, 2.45) is 0 Å². The summed E-state index contributed by atoms with van der Waals surface area (Å²) in [6.45, 7) is 9.07. The van der Waals surface area contributed by atoms with E-state index in [0.717, 1.165) is 18.8 Å². The van der Waals surface area contributed by atoms with Crippen molar-refractivity contribution in [3.63, 3.8) is 0 Å². The lowest BCUT2D eigenvalue weighted by molar-refractivity contribution is -0.691. The topological polar surface area (TPSA) is 25.8 Å². The van der Waals surface area contributed by atoms with Crippen molar-refractivity contribution in [3.8, 4) is 0 Å². The van der Waals surface area contributed by atoms with Crippen LogP contribution in [0, 0.1) is 0 Å². The zero-order chi connectivity index (χ0) is 15.4. The third-order valence-electron chi connectivity index (χ3n) is 3.49. The first-order valence-electron chi connectivity index (χ1n) is 7.14. The Labute approximate surface area is 129 Å². The van der Waals surface area contributed by atoms with Gasteiger partial charge in [0.05, 0.1) is 6.20 Å². The highest BCUT2D eigenvalue weighted by Crippen LogP contribution is 2.05. The monoisotopic (exact) mass is 293 g/mol. The Hall–Kier alpha value is -2.88. The van der Waals surface area contributed by atoms with Gasteiger partial charge >= 0.3 is 6.39 Å². The number of hydrogen-bond acceptors (Lipinski definition) is 1. The zero-order valence-electron chi connectivity index (χ0n) is 12.4. The van der Waals surface area contributed by atoms with Gasteiger partial charge in [-0.3, -0.25) is 0 Å². The van der Waals surface area contributed by atoms with E-state index in [1.807, 2.05) is 34.1 Å². The Balaban J connectivity index is 1.66. The van der Waals surface area contributed by atoms with Gasteiger partial charge in [-0.25, -0.2) is 9.13 Å². The summed E-state index contributed by atoms with van der Waals surface area (Å²) in [6, 6.07) is 8.60. The average molecular weight is 293 g/mol. The van der Waals surface area contributed by atoms with Crippen molar-refractivity contribution >= 4 is 12.3 Å². The van der Waals surface area contributed by atoms with Crippen molar-refractivity contribution in [3.05, 3.63) is 85.6 Å². The lowest BCUT2D eigenvalue weighted by Gasteiger charge is -1.99. The van der Waals surface area contributed by atoms with Gasteiger partial charge in [0.15, 0.2) is 12.3 Å². The summed E-state index contributed by atoms with van der Waals surface area (Å²) in [4.78, 5) is 0. The number of benzene rings is 1. The van der Waals surface area contributed by atoms with Gasteiger partial charge in [0.1, 0.15) is 18.9 Å². The first-order valence-corrected chi connectivity index (χ1v) is 7.14. The van der Waals surface area contributed by atoms with Crippen LogP contribution in [-0.4, -0.2) is 4.57 Å². The van der Waals surface area contributed by atoms with E-state index in [9.17, 15) is 0 Å². The van der Waals surface area contributed by atoms with Crippen LogP contribution in [0.15, 0.2) is 73.2 Å². The van der Waals surface area contributed by atoms with E-state index in [4.69, 9.17) is 4.42 Å². The molecule has 110 valence electrons. The molecule has 0 saturated heterocycles. The minimum Gasteiger partial charge on any atom is -0.404 e. The maximum atomic E-state index is 5.33. The zero-order valence-corrected chi connectivity index (χ0v) is 12.4. The molecule has 0 unspecified atom stereocenters. The second kappa shape index (κ2) is 6.26. The Morgan fingerprint density at radius 3 is 2.27 bits per heavy atom. The van der Waals surface area contributed by atoms with E-state index in [1.54, 1.807) is 18.7 Å². The molecule has 0 amide bonds. The summed E-state index contributed by atoms with van der Waals surface area (Å²) in [6.07, 6.45) is 13.2. The molecule has 0 aliphatic heterocycles. The van der Waals surface area contributed by atoms with Crippen LogP contribution in [0.1, 0.15) is 16.9 Å². The van der Waals surface area contributed by atoms with E-state index < -0.39 is 0 Å². The molecule has 0 aliphatic rings. The molecular weight excluding hydrogens is 274 g/mol. The Morgan fingerprint density at radius 1 is 1.05 bits per heavy atom. The lowest BCUT2D eigenvalue weighted by atomic mass is 10.1. The minimum absolute atomic E-state index is 0.778. The first-order chi connectivity index (χ1) is 10.8. The minimum atomic E-state index is 0.778. The molecule has 22 heavy (non-hydrogen) atoms. The Bertz CT molecular complexity index is 714. The van der Waals surface area contributed by atoms with Crippen molar-refractivity contribution < 1.29 is 13.6 Å². The molecule has 0 atom stereocenters. The lowest BCUT2D eigenvalue weighted by Crippen LogP contribution is -2.32. The molecule has 0 N–H and O–H groups in total. The summed E-state index contributed by atoms with van der Waals surface area (Å²) >= 11 is 0. The second-order valence-electron chi connectivity index (χ2n) is 5.16. The van der Waals surface area contributed by atoms with Gasteiger partial charge in [-0.2, -0.15) is 4.57 Å². The molecule has 0 aliphatic carbocycles. The maximum absolute atomic E-state index is 5.33. The predicted molar refractivity (Wildman–Crippen MR) is 84.7 cm³/mol. The summed E-state index contributed by atoms with van der Waals surface area (Å²) < 4.78 is 11.4. The fraction of sp³-hybridized carbons (Fsp3) is 0.111. The van der Waals surface area contributed by atoms with Crippen LogP contribution in [-0.2, 0) is 13.1 Å². The van der Waals surface area contributed by atoms with Crippen LogP contribution < -0.4 is 9.13 Å². The maximum Gasteiger partial charge on any atom is 0.335 e. The molecule has 2 aromatic heterocycles. The third-order valence-corrected chi connectivity index (χ3v) is 3.49. The highest BCUT2D eigenvalue weighted by molar-refractivity contribution is 5.35. The van der Waals surface area contributed by atoms with E-state index in [2.05, 4.69) is 42.0 Å². The fourth-order valence-corrected chi connectivity index (χ4v) is 2.32. The van der Waals surface area contributed by atoms with Crippen LogP contribution >= 0.6 is 0 Å². The third kappa shape index (κ3) is 3.23. The number of rotatable bonds is 6. The van der Waals surface area contributed by atoms with Gasteiger partial charge in [-0.05, 0) is 11.6 Å². The molecule has 1 aromatic carbocycles. The summed E-state index contributed by atoms with van der Waals surface area (Å²) in [7, 11) is 0. The smallest absolute Gasteiger partial charge is 0.335 e. The van der Waals surface area contributed by atoms with Gasteiger partial charge < -0.3 is 4.42 Å². The van der Waals surface area contributed by atoms with Crippen molar-refractivity contribution in [1.29, 1.82) is 0 Å². The number of imidazole rings is 1. The van der Waals surface area contributed by atoms with Gasteiger partial charge in [0.2, 0.25) is 12.5 Å². The summed E-state index contributed by atoms with van der Waals surface area (Å²) in [5.41, 5.74) is 2.50. The largest absolute Gasteiger partial charge is 0.404 e. The second-order valence-corrected chi connectivity index (χ2v) is 5.16.